The van der Waals surface area contributed by atoms with Crippen molar-refractivity contribution >= 4 is 5.91 Å². The summed E-state index contributed by atoms with van der Waals surface area (Å²) in [5.41, 5.74) is 0.784. The maximum Gasteiger partial charge on any atom is 0.244 e. The van der Waals surface area contributed by atoms with Crippen LogP contribution in [0, 0.1) is 11.3 Å². The van der Waals surface area contributed by atoms with Crippen LogP contribution in [0.5, 0.6) is 0 Å². The molecule has 20 heavy (non-hydrogen) atoms. The van der Waals surface area contributed by atoms with Crippen LogP contribution in [-0.2, 0) is 4.79 Å². The molecule has 106 valence electrons. The van der Waals surface area contributed by atoms with E-state index in [-0.39, 0.29) is 5.91 Å². The van der Waals surface area contributed by atoms with Gasteiger partial charge in [-0.1, -0.05) is 37.3 Å². The number of hydrogen-bond donors (Lipinski definition) is 0. The third-order valence-corrected chi connectivity index (χ3v) is 4.07. The number of carbonyl (C=O) groups excluding carboxylic acids is 1. The molecule has 0 aromatic heterocycles. The predicted octanol–water partition coefficient (Wildman–Crippen LogP) is 1.85. The van der Waals surface area contributed by atoms with Gasteiger partial charge in [0.25, 0.3) is 0 Å². The molecule has 1 aromatic carbocycles. The van der Waals surface area contributed by atoms with Gasteiger partial charge in [0.05, 0.1) is 6.07 Å². The number of nitriles is 1. The molecule has 1 aromatic rings. The number of hydrogen-bond acceptors (Lipinski definition) is 3. The summed E-state index contributed by atoms with van der Waals surface area (Å²) in [6, 6.07) is 11.9. The van der Waals surface area contributed by atoms with E-state index in [9.17, 15) is 10.1 Å². The average molecular weight is 271 g/mol. The second-order valence-electron chi connectivity index (χ2n) is 5.30. The minimum atomic E-state index is -0.683. The molecule has 0 bridgehead atoms. The number of likely N-dealkylation sites (N-methyl/N-ethyl adjacent to an activating group) is 1. The summed E-state index contributed by atoms with van der Waals surface area (Å²) >= 11 is 0. The summed E-state index contributed by atoms with van der Waals surface area (Å²) in [5, 5.41) is 9.35. The first-order valence-electron chi connectivity index (χ1n) is 7.11. The maximum absolute atomic E-state index is 12.6. The van der Waals surface area contributed by atoms with Gasteiger partial charge in [-0.15, -0.1) is 0 Å². The lowest BCUT2D eigenvalue weighted by molar-refractivity contribution is -0.134. The highest BCUT2D eigenvalue weighted by Gasteiger charge is 2.31. The molecule has 1 fully saturated rings. The van der Waals surface area contributed by atoms with Crippen LogP contribution in [-0.4, -0.2) is 48.4 Å². The average Bonchev–Trinajstić information content (AvgIpc) is 2.49. The van der Waals surface area contributed by atoms with E-state index in [1.165, 1.54) is 0 Å². The molecule has 1 saturated heterocycles. The normalized spacial score (nSPS) is 21.2. The SMILES string of the molecule is CCC1CN(C(=O)C(C#N)c2ccccc2)CCN1C. The molecule has 2 rings (SSSR count). The van der Waals surface area contributed by atoms with Gasteiger partial charge in [-0.05, 0) is 19.0 Å². The lowest BCUT2D eigenvalue weighted by Gasteiger charge is -2.39. The number of piperazine rings is 1. The highest BCUT2D eigenvalue weighted by molar-refractivity contribution is 5.86. The van der Waals surface area contributed by atoms with Crippen molar-refractivity contribution in [2.45, 2.75) is 25.3 Å². The molecule has 4 heteroatoms. The lowest BCUT2D eigenvalue weighted by atomic mass is 9.98. The van der Waals surface area contributed by atoms with E-state index >= 15 is 0 Å². The van der Waals surface area contributed by atoms with Gasteiger partial charge in [0.1, 0.15) is 5.92 Å². The van der Waals surface area contributed by atoms with Crippen molar-refractivity contribution in [3.63, 3.8) is 0 Å². The number of nitrogens with zero attached hydrogens (tertiary/aromatic N) is 3. The zero-order valence-electron chi connectivity index (χ0n) is 12.1. The number of carbonyl (C=O) groups is 1. The van der Waals surface area contributed by atoms with Crippen molar-refractivity contribution in [3.8, 4) is 6.07 Å². The van der Waals surface area contributed by atoms with Crippen LogP contribution in [0.3, 0.4) is 0 Å². The molecule has 1 aliphatic heterocycles. The van der Waals surface area contributed by atoms with E-state index in [0.717, 1.165) is 25.1 Å². The predicted molar refractivity (Wildman–Crippen MR) is 78.1 cm³/mol. The van der Waals surface area contributed by atoms with Gasteiger partial charge in [0.2, 0.25) is 5.91 Å². The van der Waals surface area contributed by atoms with Crippen LogP contribution in [0.2, 0.25) is 0 Å². The Hall–Kier alpha value is -1.86. The Balaban J connectivity index is 2.12. The van der Waals surface area contributed by atoms with Crippen molar-refractivity contribution in [3.05, 3.63) is 35.9 Å². The highest BCUT2D eigenvalue weighted by Crippen LogP contribution is 2.20. The van der Waals surface area contributed by atoms with Crippen LogP contribution in [0.4, 0.5) is 0 Å². The second kappa shape index (κ2) is 6.53. The second-order valence-corrected chi connectivity index (χ2v) is 5.30. The summed E-state index contributed by atoms with van der Waals surface area (Å²) in [5.74, 6) is -0.748. The molecule has 0 aliphatic carbocycles. The van der Waals surface area contributed by atoms with Gasteiger partial charge in [0.15, 0.2) is 0 Å². The van der Waals surface area contributed by atoms with E-state index in [4.69, 9.17) is 0 Å². The van der Waals surface area contributed by atoms with Gasteiger partial charge < -0.3 is 4.90 Å². The van der Waals surface area contributed by atoms with E-state index in [1.54, 1.807) is 0 Å². The molecule has 2 unspecified atom stereocenters. The first kappa shape index (κ1) is 14.5. The molecule has 0 N–H and O–H groups in total. The smallest absolute Gasteiger partial charge is 0.244 e. The fourth-order valence-electron chi connectivity index (χ4n) is 2.69. The van der Waals surface area contributed by atoms with E-state index < -0.39 is 5.92 Å². The van der Waals surface area contributed by atoms with Crippen LogP contribution < -0.4 is 0 Å². The summed E-state index contributed by atoms with van der Waals surface area (Å²) < 4.78 is 0. The first-order valence-corrected chi connectivity index (χ1v) is 7.11. The standard InChI is InChI=1S/C16H21N3O/c1-3-14-12-19(10-9-18(14)2)16(20)15(11-17)13-7-5-4-6-8-13/h4-8,14-15H,3,9-10,12H2,1-2H3. The molecule has 4 nitrogen and oxygen atoms in total. The Morgan fingerprint density at radius 3 is 2.70 bits per heavy atom. The molecule has 1 heterocycles. The summed E-state index contributed by atoms with van der Waals surface area (Å²) in [7, 11) is 2.09. The van der Waals surface area contributed by atoms with Crippen LogP contribution in [0.15, 0.2) is 30.3 Å². The van der Waals surface area contributed by atoms with E-state index in [1.807, 2.05) is 35.2 Å². The fourth-order valence-corrected chi connectivity index (χ4v) is 2.69. The molecular weight excluding hydrogens is 250 g/mol. The van der Waals surface area contributed by atoms with Gasteiger partial charge in [0, 0.05) is 25.7 Å². The fraction of sp³-hybridized carbons (Fsp3) is 0.500. The monoisotopic (exact) mass is 271 g/mol. The van der Waals surface area contributed by atoms with Crippen LogP contribution in [0.25, 0.3) is 0 Å². The number of benzene rings is 1. The lowest BCUT2D eigenvalue weighted by Crippen LogP contribution is -2.53. The molecule has 0 saturated carbocycles. The summed E-state index contributed by atoms with van der Waals surface area (Å²) in [4.78, 5) is 16.7. The topological polar surface area (TPSA) is 47.3 Å². The van der Waals surface area contributed by atoms with Crippen molar-refractivity contribution in [2.75, 3.05) is 26.7 Å². The number of amides is 1. The highest BCUT2D eigenvalue weighted by atomic mass is 16.2. The van der Waals surface area contributed by atoms with Crippen molar-refractivity contribution in [2.24, 2.45) is 0 Å². The van der Waals surface area contributed by atoms with Gasteiger partial charge >= 0.3 is 0 Å². The van der Waals surface area contributed by atoms with Crippen molar-refractivity contribution < 1.29 is 4.79 Å². The van der Waals surface area contributed by atoms with E-state index in [0.29, 0.717) is 12.6 Å². The molecule has 0 radical (unpaired) electrons. The zero-order chi connectivity index (χ0) is 14.5. The Morgan fingerprint density at radius 1 is 1.40 bits per heavy atom. The minimum Gasteiger partial charge on any atom is -0.338 e. The Kier molecular flexibility index (Phi) is 4.75. The Labute approximate surface area is 120 Å². The van der Waals surface area contributed by atoms with Gasteiger partial charge in [-0.3, -0.25) is 9.69 Å². The maximum atomic E-state index is 12.6. The molecule has 1 amide bonds. The minimum absolute atomic E-state index is 0.0646. The van der Waals surface area contributed by atoms with Gasteiger partial charge in [-0.2, -0.15) is 5.26 Å². The molecular formula is C16H21N3O. The van der Waals surface area contributed by atoms with Crippen LogP contribution in [0.1, 0.15) is 24.8 Å². The third kappa shape index (κ3) is 3.00. The summed E-state index contributed by atoms with van der Waals surface area (Å²) in [6.07, 6.45) is 1.02. The van der Waals surface area contributed by atoms with Crippen molar-refractivity contribution in [1.29, 1.82) is 5.26 Å². The Bertz CT molecular complexity index is 494. The van der Waals surface area contributed by atoms with Gasteiger partial charge in [-0.25, -0.2) is 0 Å². The molecule has 2 atom stereocenters. The quantitative estimate of drug-likeness (QED) is 0.843. The Morgan fingerprint density at radius 2 is 2.10 bits per heavy atom. The summed E-state index contributed by atoms with van der Waals surface area (Å²) in [6.45, 7) is 4.43. The zero-order valence-corrected chi connectivity index (χ0v) is 12.1. The molecule has 1 aliphatic rings. The van der Waals surface area contributed by atoms with Crippen molar-refractivity contribution in [1.82, 2.24) is 9.80 Å². The number of rotatable bonds is 3. The van der Waals surface area contributed by atoms with Crippen LogP contribution >= 0.6 is 0 Å². The van der Waals surface area contributed by atoms with E-state index in [2.05, 4.69) is 24.9 Å². The first-order chi connectivity index (χ1) is 9.67. The largest absolute Gasteiger partial charge is 0.338 e. The third-order valence-electron chi connectivity index (χ3n) is 4.07. The molecule has 0 spiro atoms.